The highest BCUT2D eigenvalue weighted by Gasteiger charge is 2.20. The monoisotopic (exact) mass is 310 g/mol. The number of hydrogen-bond donors (Lipinski definition) is 1. The largest absolute Gasteiger partial charge is 0.227 e. The van der Waals surface area contributed by atoms with E-state index < -0.39 is 10.7 Å². The normalized spacial score (nSPS) is 15.7. The Morgan fingerprint density at radius 2 is 1.50 bits per heavy atom. The van der Waals surface area contributed by atoms with Crippen LogP contribution in [0.2, 0.25) is 0 Å². The van der Waals surface area contributed by atoms with E-state index in [1.807, 2.05) is 12.1 Å². The molecular formula is C19H18O2S. The zero-order valence-corrected chi connectivity index (χ0v) is 13.8. The molecule has 2 nitrogen and oxygen atoms in total. The van der Waals surface area contributed by atoms with E-state index in [4.69, 9.17) is 0 Å². The molecule has 1 aliphatic rings. The van der Waals surface area contributed by atoms with Crippen LogP contribution in [0, 0.1) is 6.92 Å². The van der Waals surface area contributed by atoms with Gasteiger partial charge in [0.2, 0.25) is 0 Å². The van der Waals surface area contributed by atoms with E-state index in [2.05, 4.69) is 45.0 Å². The fraction of sp³-hybridized carbons (Fsp3) is 0.158. The number of benzene rings is 2. The molecule has 112 valence electrons. The quantitative estimate of drug-likeness (QED) is 0.839. The molecule has 0 saturated heterocycles. The first-order chi connectivity index (χ1) is 10.5. The third-order valence-electron chi connectivity index (χ3n) is 4.25. The van der Waals surface area contributed by atoms with E-state index in [0.717, 1.165) is 5.56 Å². The van der Waals surface area contributed by atoms with Crippen LogP contribution in [0.5, 0.6) is 0 Å². The minimum absolute atomic E-state index is 0.350. The van der Waals surface area contributed by atoms with Gasteiger partial charge in [0, 0.05) is 0 Å². The molecule has 0 aromatic heterocycles. The summed E-state index contributed by atoms with van der Waals surface area (Å²) in [6.45, 7) is 6.40. The van der Waals surface area contributed by atoms with Crippen LogP contribution in [0.25, 0.3) is 17.2 Å². The molecule has 0 bridgehead atoms. The summed E-state index contributed by atoms with van der Waals surface area (Å²) < 4.78 is 21.9. The first-order valence-corrected chi connectivity index (χ1v) is 8.40. The predicted molar refractivity (Wildman–Crippen MR) is 92.3 cm³/mol. The summed E-state index contributed by atoms with van der Waals surface area (Å²) in [6, 6.07) is 13.5. The van der Waals surface area contributed by atoms with Crippen LogP contribution >= 0.6 is 0 Å². The lowest BCUT2D eigenvalue weighted by atomic mass is 9.99. The maximum Gasteiger partial charge on any atom is 0.168 e. The lowest BCUT2D eigenvalue weighted by Gasteiger charge is -2.05. The molecular weight excluding hydrogens is 292 g/mol. The van der Waals surface area contributed by atoms with Gasteiger partial charge in [-0.3, -0.25) is 0 Å². The van der Waals surface area contributed by atoms with Gasteiger partial charge in [0.1, 0.15) is 0 Å². The van der Waals surface area contributed by atoms with E-state index in [-0.39, 0.29) is 0 Å². The van der Waals surface area contributed by atoms with Crippen molar-refractivity contribution in [3.8, 4) is 0 Å². The van der Waals surface area contributed by atoms with Crippen molar-refractivity contribution >= 4 is 27.9 Å². The van der Waals surface area contributed by atoms with Gasteiger partial charge in [0.25, 0.3) is 0 Å². The van der Waals surface area contributed by atoms with Crippen molar-refractivity contribution in [1.29, 1.82) is 0 Å². The molecule has 2 aromatic rings. The summed E-state index contributed by atoms with van der Waals surface area (Å²) in [6.07, 6.45) is 2.13. The number of allylic oxidation sites excluding steroid dienone is 3. The Bertz CT molecular complexity index is 874. The molecule has 0 spiro atoms. The van der Waals surface area contributed by atoms with Crippen molar-refractivity contribution < 1.29 is 8.42 Å². The van der Waals surface area contributed by atoms with E-state index >= 15 is 0 Å². The minimum Gasteiger partial charge on any atom is -0.227 e. The van der Waals surface area contributed by atoms with Gasteiger partial charge in [-0.15, -0.1) is 0 Å². The molecule has 0 saturated carbocycles. The summed E-state index contributed by atoms with van der Waals surface area (Å²) in [4.78, 5) is 0.350. The Morgan fingerprint density at radius 3 is 2.14 bits per heavy atom. The van der Waals surface area contributed by atoms with Gasteiger partial charge >= 0.3 is 0 Å². The standard InChI is InChI=1S/C19H18O2S/c1-12-4-9-17-18(10-12)13(2)14(3)19(17)11-15-5-7-16(8-6-15)22(20)21/h4-11,22H,1-3H3/b19-11-. The van der Waals surface area contributed by atoms with Crippen molar-refractivity contribution in [3.05, 3.63) is 70.3 Å². The van der Waals surface area contributed by atoms with Crippen molar-refractivity contribution in [2.45, 2.75) is 25.7 Å². The average Bonchev–Trinajstić information content (AvgIpc) is 2.73. The number of rotatable bonds is 2. The highest BCUT2D eigenvalue weighted by atomic mass is 32.2. The number of aryl methyl sites for hydroxylation is 1. The molecule has 0 unspecified atom stereocenters. The average molecular weight is 310 g/mol. The fourth-order valence-corrected chi connectivity index (χ4v) is 3.25. The zero-order valence-electron chi connectivity index (χ0n) is 12.9. The third-order valence-corrected chi connectivity index (χ3v) is 4.97. The second-order valence-corrected chi connectivity index (χ2v) is 6.74. The van der Waals surface area contributed by atoms with Gasteiger partial charge in [-0.05, 0) is 72.4 Å². The second kappa shape index (κ2) is 5.58. The Hall–Kier alpha value is -2.13. The van der Waals surface area contributed by atoms with E-state index in [1.165, 1.54) is 33.4 Å². The minimum atomic E-state index is -2.52. The van der Waals surface area contributed by atoms with E-state index in [9.17, 15) is 8.42 Å². The number of hydrogen-bond acceptors (Lipinski definition) is 2. The predicted octanol–water partition coefficient (Wildman–Crippen LogP) is 4.31. The molecule has 0 aliphatic heterocycles. The van der Waals surface area contributed by atoms with E-state index in [0.29, 0.717) is 4.90 Å². The van der Waals surface area contributed by atoms with Gasteiger partial charge in [0.05, 0.1) is 4.90 Å². The molecule has 2 aromatic carbocycles. The Labute approximate surface area is 132 Å². The Morgan fingerprint density at radius 1 is 0.818 bits per heavy atom. The van der Waals surface area contributed by atoms with Crippen LogP contribution in [0.15, 0.2) is 52.9 Å². The van der Waals surface area contributed by atoms with Crippen molar-refractivity contribution in [2.75, 3.05) is 0 Å². The third kappa shape index (κ3) is 2.53. The maximum atomic E-state index is 11.0. The highest BCUT2D eigenvalue weighted by Crippen LogP contribution is 2.42. The first-order valence-electron chi connectivity index (χ1n) is 7.23. The van der Waals surface area contributed by atoms with Crippen LogP contribution in [0.4, 0.5) is 0 Å². The molecule has 1 aliphatic carbocycles. The first kappa shape index (κ1) is 14.8. The Balaban J connectivity index is 2.09. The topological polar surface area (TPSA) is 34.1 Å². The van der Waals surface area contributed by atoms with Crippen molar-refractivity contribution in [1.82, 2.24) is 0 Å². The van der Waals surface area contributed by atoms with Crippen LogP contribution in [0.1, 0.15) is 36.1 Å². The van der Waals surface area contributed by atoms with Gasteiger partial charge in [-0.25, -0.2) is 8.42 Å². The molecule has 0 heterocycles. The summed E-state index contributed by atoms with van der Waals surface area (Å²) in [5.41, 5.74) is 8.62. The fourth-order valence-electron chi connectivity index (χ4n) is 2.85. The van der Waals surface area contributed by atoms with Crippen LogP contribution in [-0.4, -0.2) is 8.42 Å². The molecule has 0 amide bonds. The van der Waals surface area contributed by atoms with Gasteiger partial charge in [-0.2, -0.15) is 0 Å². The molecule has 0 fully saturated rings. The van der Waals surface area contributed by atoms with Crippen LogP contribution in [-0.2, 0) is 10.7 Å². The van der Waals surface area contributed by atoms with Crippen molar-refractivity contribution in [3.63, 3.8) is 0 Å². The van der Waals surface area contributed by atoms with Gasteiger partial charge in [0.15, 0.2) is 10.7 Å². The molecule has 0 N–H and O–H groups in total. The van der Waals surface area contributed by atoms with Gasteiger partial charge in [-0.1, -0.05) is 35.9 Å². The molecule has 0 atom stereocenters. The highest BCUT2D eigenvalue weighted by molar-refractivity contribution is 7.72. The SMILES string of the molecule is CC1=C(C)c2cc(C)ccc2/C1=C\c1ccc([SH](=O)=O)cc1. The van der Waals surface area contributed by atoms with Crippen LogP contribution in [0.3, 0.4) is 0 Å². The number of fused-ring (bicyclic) bond motifs is 1. The zero-order chi connectivity index (χ0) is 15.9. The van der Waals surface area contributed by atoms with E-state index in [1.54, 1.807) is 12.1 Å². The number of thiol groups is 1. The van der Waals surface area contributed by atoms with Crippen molar-refractivity contribution in [2.24, 2.45) is 0 Å². The molecule has 3 rings (SSSR count). The maximum absolute atomic E-state index is 11.0. The Kier molecular flexibility index (Phi) is 3.75. The molecule has 3 heteroatoms. The summed E-state index contributed by atoms with van der Waals surface area (Å²) in [7, 11) is -2.52. The summed E-state index contributed by atoms with van der Waals surface area (Å²) in [5, 5.41) is 0. The van der Waals surface area contributed by atoms with Gasteiger partial charge < -0.3 is 0 Å². The summed E-state index contributed by atoms with van der Waals surface area (Å²) >= 11 is 0. The molecule has 22 heavy (non-hydrogen) atoms. The summed E-state index contributed by atoms with van der Waals surface area (Å²) in [5.74, 6) is 0. The lowest BCUT2D eigenvalue weighted by Crippen LogP contribution is -1.85. The van der Waals surface area contributed by atoms with Crippen LogP contribution < -0.4 is 0 Å². The molecule has 0 radical (unpaired) electrons. The smallest absolute Gasteiger partial charge is 0.168 e. The lowest BCUT2D eigenvalue weighted by molar-refractivity contribution is 0.614. The second-order valence-electron chi connectivity index (χ2n) is 5.71.